The van der Waals surface area contributed by atoms with Gasteiger partial charge in [0, 0.05) is 42.1 Å². The monoisotopic (exact) mass is 445 g/mol. The van der Waals surface area contributed by atoms with Crippen molar-refractivity contribution in [1.82, 2.24) is 20.7 Å². The van der Waals surface area contributed by atoms with Crippen LogP contribution in [0.25, 0.3) is 10.6 Å². The van der Waals surface area contributed by atoms with Crippen LogP contribution < -0.4 is 16.1 Å². The number of thiazole rings is 1. The minimum atomic E-state index is -0.454. The molecular formula is C20H23N5O3S2. The van der Waals surface area contributed by atoms with E-state index in [0.717, 1.165) is 41.6 Å². The molecule has 4 rings (SSSR count). The fraction of sp³-hybridized carbons (Fsp3) is 0.350. The van der Waals surface area contributed by atoms with Gasteiger partial charge in [0.05, 0.1) is 22.9 Å². The largest absolute Gasteiger partial charge is 0.369 e. The highest BCUT2D eigenvalue weighted by molar-refractivity contribution is 7.17. The van der Waals surface area contributed by atoms with Crippen LogP contribution in [-0.2, 0) is 16.0 Å². The maximum absolute atomic E-state index is 12.6. The summed E-state index contributed by atoms with van der Waals surface area (Å²) in [5, 5.41) is 17.3. The quantitative estimate of drug-likeness (QED) is 0.401. The minimum absolute atomic E-state index is 0.0609. The molecule has 2 aromatic heterocycles. The molecule has 0 bridgehead atoms. The molecule has 0 saturated carbocycles. The van der Waals surface area contributed by atoms with Crippen molar-refractivity contribution in [2.75, 3.05) is 31.5 Å². The van der Waals surface area contributed by atoms with Gasteiger partial charge in [0.1, 0.15) is 0 Å². The standard InChI is InChI=1S/C20H23N5O3S2/c26-18(24-28)11-15-5-6-17(30-15)16-12-29-20(22-16)23-19(27)13-1-3-14(4-2-13)25-9-7-21-8-10-25/h1,3-6,12-13,21,28H,2,7-11H2,(H,24,26)(H,22,23,27). The smallest absolute Gasteiger partial charge is 0.248 e. The van der Waals surface area contributed by atoms with Gasteiger partial charge in [-0.2, -0.15) is 0 Å². The van der Waals surface area contributed by atoms with Gasteiger partial charge < -0.3 is 15.5 Å². The van der Waals surface area contributed by atoms with E-state index in [1.807, 2.05) is 29.7 Å². The molecule has 0 aromatic carbocycles. The first kappa shape index (κ1) is 20.7. The Hall–Kier alpha value is -2.53. The van der Waals surface area contributed by atoms with Crippen molar-refractivity contribution in [3.63, 3.8) is 0 Å². The van der Waals surface area contributed by atoms with E-state index in [2.05, 4.69) is 26.6 Å². The van der Waals surface area contributed by atoms with E-state index in [0.29, 0.717) is 11.6 Å². The van der Waals surface area contributed by atoms with Crippen LogP contribution in [0, 0.1) is 5.92 Å². The molecule has 30 heavy (non-hydrogen) atoms. The minimum Gasteiger partial charge on any atom is -0.369 e. The van der Waals surface area contributed by atoms with E-state index in [1.165, 1.54) is 28.4 Å². The van der Waals surface area contributed by atoms with Gasteiger partial charge in [0.15, 0.2) is 5.13 Å². The van der Waals surface area contributed by atoms with Crippen molar-refractivity contribution in [1.29, 1.82) is 0 Å². The second-order valence-corrected chi connectivity index (χ2v) is 9.10. The highest BCUT2D eigenvalue weighted by Gasteiger charge is 2.21. The molecule has 1 fully saturated rings. The number of carbonyl (C=O) groups excluding carboxylic acids is 2. The Kier molecular flexibility index (Phi) is 6.58. The molecule has 8 nitrogen and oxygen atoms in total. The summed E-state index contributed by atoms with van der Waals surface area (Å²) in [6.45, 7) is 3.96. The van der Waals surface area contributed by atoms with E-state index in [-0.39, 0.29) is 18.2 Å². The van der Waals surface area contributed by atoms with Gasteiger partial charge in [-0.25, -0.2) is 10.5 Å². The van der Waals surface area contributed by atoms with Gasteiger partial charge in [0.2, 0.25) is 11.8 Å². The Morgan fingerprint density at radius 2 is 2.13 bits per heavy atom. The normalized spacial score (nSPS) is 18.8. The van der Waals surface area contributed by atoms with E-state index in [1.54, 1.807) is 5.48 Å². The van der Waals surface area contributed by atoms with Gasteiger partial charge in [-0.05, 0) is 24.6 Å². The number of hydrogen-bond donors (Lipinski definition) is 4. The number of anilines is 1. The van der Waals surface area contributed by atoms with Crippen LogP contribution in [0.1, 0.15) is 11.3 Å². The molecule has 2 aromatic rings. The molecule has 3 heterocycles. The lowest BCUT2D eigenvalue weighted by Crippen LogP contribution is -2.42. The molecule has 2 aliphatic rings. The first-order valence-electron chi connectivity index (χ1n) is 9.75. The highest BCUT2D eigenvalue weighted by atomic mass is 32.1. The molecular weight excluding hydrogens is 422 g/mol. The molecule has 10 heteroatoms. The van der Waals surface area contributed by atoms with E-state index in [4.69, 9.17) is 5.21 Å². The Morgan fingerprint density at radius 3 is 2.87 bits per heavy atom. The average Bonchev–Trinajstić information content (AvgIpc) is 3.44. The molecule has 0 spiro atoms. The summed E-state index contributed by atoms with van der Waals surface area (Å²) in [5.41, 5.74) is 3.59. The number of allylic oxidation sites excluding steroid dienone is 2. The molecule has 1 aliphatic heterocycles. The number of aromatic nitrogens is 1. The van der Waals surface area contributed by atoms with E-state index in [9.17, 15) is 9.59 Å². The average molecular weight is 446 g/mol. The van der Waals surface area contributed by atoms with Gasteiger partial charge in [-0.1, -0.05) is 12.2 Å². The topological polar surface area (TPSA) is 107 Å². The first-order valence-corrected chi connectivity index (χ1v) is 11.4. The fourth-order valence-corrected chi connectivity index (χ4v) is 5.17. The summed E-state index contributed by atoms with van der Waals surface area (Å²) < 4.78 is 0. The van der Waals surface area contributed by atoms with Crippen molar-refractivity contribution >= 4 is 39.6 Å². The first-order chi connectivity index (χ1) is 14.6. The summed E-state index contributed by atoms with van der Waals surface area (Å²) in [7, 11) is 0. The number of rotatable bonds is 6. The molecule has 158 valence electrons. The molecule has 1 unspecified atom stereocenters. The SMILES string of the molecule is O=C(Cc1ccc(-c2csc(NC(=O)C3C=CC(N4CCNCC4)=CC3)n2)s1)NO. The highest BCUT2D eigenvalue weighted by Crippen LogP contribution is 2.31. The van der Waals surface area contributed by atoms with Crippen LogP contribution in [0.3, 0.4) is 0 Å². The fourth-order valence-electron chi connectivity index (χ4n) is 3.41. The predicted molar refractivity (Wildman–Crippen MR) is 117 cm³/mol. The Bertz CT molecular complexity index is 975. The lowest BCUT2D eigenvalue weighted by Gasteiger charge is -2.31. The Balaban J connectivity index is 1.33. The summed E-state index contributed by atoms with van der Waals surface area (Å²) in [6.07, 6.45) is 6.95. The summed E-state index contributed by atoms with van der Waals surface area (Å²) in [4.78, 5) is 32.5. The summed E-state index contributed by atoms with van der Waals surface area (Å²) in [6, 6.07) is 3.72. The van der Waals surface area contributed by atoms with Crippen molar-refractivity contribution in [3.05, 3.63) is 46.3 Å². The Morgan fingerprint density at radius 1 is 1.30 bits per heavy atom. The number of amides is 2. The van der Waals surface area contributed by atoms with E-state index >= 15 is 0 Å². The van der Waals surface area contributed by atoms with Crippen LogP contribution in [0.2, 0.25) is 0 Å². The number of hydroxylamine groups is 1. The van der Waals surface area contributed by atoms with Crippen LogP contribution in [0.15, 0.2) is 41.4 Å². The summed E-state index contributed by atoms with van der Waals surface area (Å²) in [5.74, 6) is -0.715. The number of nitrogens with one attached hydrogen (secondary N) is 3. The number of carbonyl (C=O) groups is 2. The number of hydrogen-bond acceptors (Lipinski definition) is 8. The third kappa shape index (κ3) is 4.96. The third-order valence-electron chi connectivity index (χ3n) is 5.01. The van der Waals surface area contributed by atoms with Crippen molar-refractivity contribution in [2.24, 2.45) is 5.92 Å². The van der Waals surface area contributed by atoms with Crippen LogP contribution >= 0.6 is 22.7 Å². The molecule has 1 atom stereocenters. The van der Waals surface area contributed by atoms with Gasteiger partial charge >= 0.3 is 0 Å². The number of piperazine rings is 1. The molecule has 1 aliphatic carbocycles. The Labute approximate surface area is 182 Å². The van der Waals surface area contributed by atoms with Gasteiger partial charge in [0.25, 0.3) is 0 Å². The summed E-state index contributed by atoms with van der Waals surface area (Å²) >= 11 is 2.81. The van der Waals surface area contributed by atoms with Gasteiger partial charge in [-0.15, -0.1) is 22.7 Å². The van der Waals surface area contributed by atoms with Crippen LogP contribution in [-0.4, -0.2) is 53.1 Å². The third-order valence-corrected chi connectivity index (χ3v) is 6.87. The van der Waals surface area contributed by atoms with Crippen LogP contribution in [0.4, 0.5) is 5.13 Å². The van der Waals surface area contributed by atoms with Crippen LogP contribution in [0.5, 0.6) is 0 Å². The van der Waals surface area contributed by atoms with Gasteiger partial charge in [-0.3, -0.25) is 14.8 Å². The second-order valence-electron chi connectivity index (χ2n) is 7.07. The molecule has 4 N–H and O–H groups in total. The maximum Gasteiger partial charge on any atom is 0.248 e. The molecule has 1 saturated heterocycles. The predicted octanol–water partition coefficient (Wildman–Crippen LogP) is 2.22. The second kappa shape index (κ2) is 9.52. The number of nitrogens with zero attached hydrogens (tertiary/aromatic N) is 2. The zero-order valence-corrected chi connectivity index (χ0v) is 17.9. The number of thiophene rings is 1. The lowest BCUT2D eigenvalue weighted by molar-refractivity contribution is -0.128. The molecule has 2 amide bonds. The zero-order chi connectivity index (χ0) is 20.9. The van der Waals surface area contributed by atoms with Crippen molar-refractivity contribution < 1.29 is 14.8 Å². The van der Waals surface area contributed by atoms with Crippen molar-refractivity contribution in [3.8, 4) is 10.6 Å². The zero-order valence-electron chi connectivity index (χ0n) is 16.3. The molecule has 0 radical (unpaired) electrons. The van der Waals surface area contributed by atoms with Crippen molar-refractivity contribution in [2.45, 2.75) is 12.8 Å². The lowest BCUT2D eigenvalue weighted by atomic mass is 9.98. The van der Waals surface area contributed by atoms with E-state index < -0.39 is 5.91 Å². The maximum atomic E-state index is 12.6.